The third-order valence-electron chi connectivity index (χ3n) is 10.8. The SMILES string of the molecule is N/C(c1ccc2oc3ccccc3c2c1)=c1/cccc/c1=C(/N)n1c2ccccc2c2cc3ccccc3c(-c3ccc4c(c3)sc3ccccc34)c21. The van der Waals surface area contributed by atoms with Crippen molar-refractivity contribution in [2.75, 3.05) is 0 Å². The summed E-state index contributed by atoms with van der Waals surface area (Å²) in [6.07, 6.45) is 0. The number of nitrogens with two attached hydrogens (primary N) is 2. The molecule has 8 aromatic carbocycles. The van der Waals surface area contributed by atoms with Crippen LogP contribution in [0.4, 0.5) is 0 Å². The van der Waals surface area contributed by atoms with E-state index in [1.165, 1.54) is 30.9 Å². The molecule has 0 radical (unpaired) electrons. The highest BCUT2D eigenvalue weighted by atomic mass is 32.1. The fraction of sp³-hybridized carbons (Fsp3) is 0. The predicted octanol–water partition coefficient (Wildman–Crippen LogP) is 10.6. The summed E-state index contributed by atoms with van der Waals surface area (Å²) in [5, 5.41) is 11.1. The van der Waals surface area contributed by atoms with Gasteiger partial charge >= 0.3 is 0 Å². The van der Waals surface area contributed by atoms with E-state index in [2.05, 4.69) is 126 Å². The highest BCUT2D eigenvalue weighted by molar-refractivity contribution is 7.25. The molecule has 0 amide bonds. The molecule has 3 heterocycles. The van der Waals surface area contributed by atoms with E-state index < -0.39 is 0 Å². The van der Waals surface area contributed by atoms with Crippen molar-refractivity contribution in [2.45, 2.75) is 0 Å². The zero-order valence-corrected chi connectivity index (χ0v) is 29.3. The second-order valence-corrected chi connectivity index (χ2v) is 14.8. The minimum Gasteiger partial charge on any atom is -0.456 e. The van der Waals surface area contributed by atoms with Gasteiger partial charge in [0.1, 0.15) is 17.0 Å². The van der Waals surface area contributed by atoms with Crippen LogP contribution in [0.15, 0.2) is 168 Å². The van der Waals surface area contributed by atoms with Crippen molar-refractivity contribution in [3.8, 4) is 11.1 Å². The molecule has 0 aliphatic heterocycles. The standard InChI is InChI=1S/C48H31N3OS/c49-46(30-22-24-42-38(26-30)33-14-6-9-19-41(33)52-42)36-16-3-4-17-37(36)48(50)51-40-18-8-5-13-32(40)39-25-28-11-1-2-12-31(28)45(47(39)51)29-21-23-35-34-15-7-10-20-43(34)53-44(35)27-29/h1-27H,49-50H2/b46-36-,48-37+. The lowest BCUT2D eigenvalue weighted by molar-refractivity contribution is 0.669. The Kier molecular flexibility index (Phi) is 6.39. The van der Waals surface area contributed by atoms with E-state index >= 15 is 0 Å². The normalized spacial score (nSPS) is 13.3. The number of hydrogen-bond donors (Lipinski definition) is 2. The van der Waals surface area contributed by atoms with Gasteiger partial charge in [-0.15, -0.1) is 11.3 Å². The zero-order valence-electron chi connectivity index (χ0n) is 28.5. The van der Waals surface area contributed by atoms with Crippen molar-refractivity contribution >= 4 is 97.5 Å². The van der Waals surface area contributed by atoms with E-state index in [0.29, 0.717) is 11.5 Å². The Labute approximate surface area is 307 Å². The number of rotatable bonds is 3. The third kappa shape index (κ3) is 4.41. The minimum atomic E-state index is 0.615. The molecule has 53 heavy (non-hydrogen) atoms. The fourth-order valence-electron chi connectivity index (χ4n) is 8.33. The molecule has 0 bridgehead atoms. The van der Waals surface area contributed by atoms with Gasteiger partial charge in [-0.3, -0.25) is 4.57 Å². The first-order valence-corrected chi connectivity index (χ1v) is 18.6. The second-order valence-electron chi connectivity index (χ2n) is 13.7. The molecule has 11 aromatic rings. The van der Waals surface area contributed by atoms with Crippen LogP contribution >= 0.6 is 11.3 Å². The van der Waals surface area contributed by atoms with Crippen LogP contribution in [-0.2, 0) is 0 Å². The number of thiophene rings is 1. The van der Waals surface area contributed by atoms with Crippen molar-refractivity contribution in [1.82, 2.24) is 4.57 Å². The van der Waals surface area contributed by atoms with Gasteiger partial charge < -0.3 is 15.9 Å². The van der Waals surface area contributed by atoms with Crippen molar-refractivity contribution in [3.63, 3.8) is 0 Å². The maximum Gasteiger partial charge on any atom is 0.135 e. The molecule has 0 spiro atoms. The first kappa shape index (κ1) is 29.9. The molecular formula is C48H31N3OS. The van der Waals surface area contributed by atoms with E-state index in [1.807, 2.05) is 53.8 Å². The molecule has 3 aromatic heterocycles. The van der Waals surface area contributed by atoms with E-state index in [0.717, 1.165) is 70.9 Å². The number of fused-ring (bicyclic) bond motifs is 10. The van der Waals surface area contributed by atoms with Crippen molar-refractivity contribution in [1.29, 1.82) is 0 Å². The van der Waals surface area contributed by atoms with E-state index in [4.69, 9.17) is 15.9 Å². The van der Waals surface area contributed by atoms with Crippen LogP contribution in [0.5, 0.6) is 0 Å². The Morgan fingerprint density at radius 2 is 1.17 bits per heavy atom. The number of aromatic nitrogens is 1. The smallest absolute Gasteiger partial charge is 0.135 e. The van der Waals surface area contributed by atoms with Crippen LogP contribution in [0, 0.1) is 0 Å². The lowest BCUT2D eigenvalue weighted by Crippen LogP contribution is -2.35. The predicted molar refractivity (Wildman–Crippen MR) is 224 cm³/mol. The van der Waals surface area contributed by atoms with Gasteiger partial charge in [-0.05, 0) is 70.4 Å². The summed E-state index contributed by atoms with van der Waals surface area (Å²) in [4.78, 5) is 0. The summed E-state index contributed by atoms with van der Waals surface area (Å²) in [6.45, 7) is 0. The molecule has 5 heteroatoms. The first-order valence-electron chi connectivity index (χ1n) is 17.8. The molecule has 11 rings (SSSR count). The summed E-state index contributed by atoms with van der Waals surface area (Å²) in [6, 6.07) is 57.6. The Morgan fingerprint density at radius 3 is 2.06 bits per heavy atom. The monoisotopic (exact) mass is 697 g/mol. The second kappa shape index (κ2) is 11.3. The van der Waals surface area contributed by atoms with Crippen molar-refractivity contribution < 1.29 is 4.42 Å². The Balaban J connectivity index is 1.25. The van der Waals surface area contributed by atoms with Gasteiger partial charge in [0.15, 0.2) is 0 Å². The topological polar surface area (TPSA) is 70.1 Å². The molecule has 250 valence electrons. The largest absolute Gasteiger partial charge is 0.456 e. The summed E-state index contributed by atoms with van der Waals surface area (Å²) in [7, 11) is 0. The number of hydrogen-bond acceptors (Lipinski definition) is 4. The number of nitrogens with zero attached hydrogens (tertiary/aromatic N) is 1. The van der Waals surface area contributed by atoms with Gasteiger partial charge in [0.05, 0.1) is 11.0 Å². The molecule has 4 nitrogen and oxygen atoms in total. The molecule has 0 saturated carbocycles. The molecule has 0 saturated heterocycles. The zero-order chi connectivity index (χ0) is 35.2. The molecule has 0 aliphatic rings. The summed E-state index contributed by atoms with van der Waals surface area (Å²) in [5.74, 6) is 0.615. The van der Waals surface area contributed by atoms with Crippen molar-refractivity contribution in [3.05, 3.63) is 180 Å². The van der Waals surface area contributed by atoms with Crippen LogP contribution in [0.25, 0.3) is 97.3 Å². The van der Waals surface area contributed by atoms with Crippen LogP contribution in [0.2, 0.25) is 0 Å². The first-order chi connectivity index (χ1) is 26.1. The Bertz CT molecular complexity index is 3440. The number of furan rings is 1. The van der Waals surface area contributed by atoms with Crippen LogP contribution in [0.1, 0.15) is 5.56 Å². The number of benzene rings is 8. The van der Waals surface area contributed by atoms with E-state index in [-0.39, 0.29) is 0 Å². The molecule has 0 aliphatic carbocycles. The Hall–Kier alpha value is -6.82. The minimum absolute atomic E-state index is 0.615. The Morgan fingerprint density at radius 1 is 0.491 bits per heavy atom. The molecule has 0 fully saturated rings. The lowest BCUT2D eigenvalue weighted by Gasteiger charge is -2.15. The third-order valence-corrected chi connectivity index (χ3v) is 11.9. The lowest BCUT2D eigenvalue weighted by atomic mass is 9.94. The molecule has 0 unspecified atom stereocenters. The van der Waals surface area contributed by atoms with Crippen LogP contribution in [0.3, 0.4) is 0 Å². The molecule has 4 N–H and O–H groups in total. The summed E-state index contributed by atoms with van der Waals surface area (Å²) < 4.78 is 10.9. The van der Waals surface area contributed by atoms with Crippen LogP contribution in [-0.4, -0.2) is 4.57 Å². The summed E-state index contributed by atoms with van der Waals surface area (Å²) in [5.41, 5.74) is 22.3. The van der Waals surface area contributed by atoms with Crippen molar-refractivity contribution in [2.24, 2.45) is 11.5 Å². The van der Waals surface area contributed by atoms with Gasteiger partial charge in [-0.1, -0.05) is 115 Å². The van der Waals surface area contributed by atoms with E-state index in [9.17, 15) is 0 Å². The summed E-state index contributed by atoms with van der Waals surface area (Å²) >= 11 is 1.84. The maximum absolute atomic E-state index is 7.49. The fourth-order valence-corrected chi connectivity index (χ4v) is 9.47. The van der Waals surface area contributed by atoms with Gasteiger partial charge in [0.2, 0.25) is 0 Å². The van der Waals surface area contributed by atoms with Gasteiger partial charge in [-0.25, -0.2) is 0 Å². The van der Waals surface area contributed by atoms with Gasteiger partial charge in [-0.2, -0.15) is 0 Å². The molecular weight excluding hydrogens is 667 g/mol. The quantitative estimate of drug-likeness (QED) is 0.193. The van der Waals surface area contributed by atoms with Gasteiger partial charge in [0, 0.05) is 63.4 Å². The maximum atomic E-state index is 7.49. The average molecular weight is 698 g/mol. The molecule has 0 atom stereocenters. The highest BCUT2D eigenvalue weighted by Gasteiger charge is 2.21. The number of para-hydroxylation sites is 2. The average Bonchev–Trinajstić information content (AvgIpc) is 3.88. The van der Waals surface area contributed by atoms with Crippen LogP contribution < -0.4 is 21.9 Å². The highest BCUT2D eigenvalue weighted by Crippen LogP contribution is 2.44. The van der Waals surface area contributed by atoms with E-state index in [1.54, 1.807) is 0 Å². The van der Waals surface area contributed by atoms with Gasteiger partial charge in [0.25, 0.3) is 0 Å².